The van der Waals surface area contributed by atoms with E-state index in [9.17, 15) is 4.79 Å². The fourth-order valence-electron chi connectivity index (χ4n) is 1.57. The van der Waals surface area contributed by atoms with Gasteiger partial charge in [-0.2, -0.15) is 0 Å². The number of benzene rings is 1. The lowest BCUT2D eigenvalue weighted by atomic mass is 10.2. The van der Waals surface area contributed by atoms with E-state index in [1.807, 2.05) is 19.1 Å². The molecule has 0 fully saturated rings. The van der Waals surface area contributed by atoms with E-state index in [1.54, 1.807) is 12.1 Å². The summed E-state index contributed by atoms with van der Waals surface area (Å²) in [6.45, 7) is 5.44. The van der Waals surface area contributed by atoms with E-state index in [2.05, 4.69) is 12.2 Å². The van der Waals surface area contributed by atoms with Crippen molar-refractivity contribution < 1.29 is 9.53 Å². The zero-order valence-corrected chi connectivity index (χ0v) is 11.8. The van der Waals surface area contributed by atoms with Gasteiger partial charge in [-0.25, -0.2) is 0 Å². The van der Waals surface area contributed by atoms with Gasteiger partial charge in [0.05, 0.1) is 6.10 Å². The van der Waals surface area contributed by atoms with Gasteiger partial charge in [-0.05, 0) is 57.0 Å². The van der Waals surface area contributed by atoms with Crippen molar-refractivity contribution in [3.63, 3.8) is 0 Å². The fraction of sp³-hybridized carbons (Fsp3) is 0.533. The number of rotatable bonds is 8. The Morgan fingerprint density at radius 1 is 1.32 bits per heavy atom. The molecule has 19 heavy (non-hydrogen) atoms. The minimum Gasteiger partial charge on any atom is -0.491 e. The molecule has 0 aliphatic heterocycles. The highest BCUT2D eigenvalue weighted by Gasteiger charge is 2.06. The zero-order valence-electron chi connectivity index (χ0n) is 11.8. The molecule has 1 aromatic rings. The molecule has 1 amide bonds. The minimum atomic E-state index is -0.0490. The summed E-state index contributed by atoms with van der Waals surface area (Å²) in [6, 6.07) is 7.24. The van der Waals surface area contributed by atoms with Crippen LogP contribution in [0, 0.1) is 0 Å². The number of nitrogens with one attached hydrogen (secondary N) is 1. The van der Waals surface area contributed by atoms with E-state index in [1.165, 1.54) is 0 Å². The molecule has 0 heterocycles. The third-order valence-electron chi connectivity index (χ3n) is 2.95. The van der Waals surface area contributed by atoms with Crippen LogP contribution < -0.4 is 15.8 Å². The first kappa shape index (κ1) is 15.5. The summed E-state index contributed by atoms with van der Waals surface area (Å²) in [7, 11) is 0. The Kier molecular flexibility index (Phi) is 6.97. The Balaban J connectivity index is 2.44. The predicted octanol–water partition coefficient (Wildman–Crippen LogP) is 2.33. The van der Waals surface area contributed by atoms with Gasteiger partial charge in [0.2, 0.25) is 0 Å². The molecule has 106 valence electrons. The number of hydrogen-bond acceptors (Lipinski definition) is 3. The molecular formula is C15H24N2O2. The van der Waals surface area contributed by atoms with Crippen molar-refractivity contribution in [1.82, 2.24) is 5.32 Å². The first-order valence-corrected chi connectivity index (χ1v) is 6.92. The number of amides is 1. The van der Waals surface area contributed by atoms with Crippen molar-refractivity contribution in [2.75, 3.05) is 13.1 Å². The quantitative estimate of drug-likeness (QED) is 0.708. The number of ether oxygens (including phenoxy) is 1. The Morgan fingerprint density at radius 3 is 2.58 bits per heavy atom. The number of nitrogens with two attached hydrogens (primary N) is 1. The van der Waals surface area contributed by atoms with Crippen molar-refractivity contribution >= 4 is 5.91 Å². The van der Waals surface area contributed by atoms with Gasteiger partial charge in [-0.15, -0.1) is 0 Å². The summed E-state index contributed by atoms with van der Waals surface area (Å²) >= 11 is 0. The molecule has 1 unspecified atom stereocenters. The average molecular weight is 264 g/mol. The van der Waals surface area contributed by atoms with Gasteiger partial charge in [0.25, 0.3) is 5.91 Å². The highest BCUT2D eigenvalue weighted by atomic mass is 16.5. The standard InChI is InChI=1S/C15H24N2O2/c1-3-12(2)19-14-8-6-13(7-9-14)15(18)17-11-5-4-10-16/h6-9,12H,3-5,10-11,16H2,1-2H3,(H,17,18). The topological polar surface area (TPSA) is 64.3 Å². The van der Waals surface area contributed by atoms with E-state index in [0.717, 1.165) is 25.0 Å². The summed E-state index contributed by atoms with van der Waals surface area (Å²) in [4.78, 5) is 11.8. The molecule has 4 nitrogen and oxygen atoms in total. The molecule has 0 bridgehead atoms. The molecule has 1 atom stereocenters. The van der Waals surface area contributed by atoms with Crippen molar-refractivity contribution in [1.29, 1.82) is 0 Å². The van der Waals surface area contributed by atoms with Crippen LogP contribution in [0.4, 0.5) is 0 Å². The van der Waals surface area contributed by atoms with Crippen molar-refractivity contribution in [3.8, 4) is 5.75 Å². The van der Waals surface area contributed by atoms with Crippen LogP contribution >= 0.6 is 0 Å². The van der Waals surface area contributed by atoms with Gasteiger partial charge < -0.3 is 15.8 Å². The van der Waals surface area contributed by atoms with Crippen LogP contribution in [0.5, 0.6) is 5.75 Å². The van der Waals surface area contributed by atoms with Crippen molar-refractivity contribution in [2.24, 2.45) is 5.73 Å². The molecule has 1 aromatic carbocycles. The zero-order chi connectivity index (χ0) is 14.1. The number of carbonyl (C=O) groups excluding carboxylic acids is 1. The minimum absolute atomic E-state index is 0.0490. The molecule has 0 aliphatic rings. The van der Waals surface area contributed by atoms with Gasteiger partial charge in [-0.3, -0.25) is 4.79 Å². The molecular weight excluding hydrogens is 240 g/mol. The molecule has 0 aromatic heterocycles. The van der Waals surface area contributed by atoms with Crippen LogP contribution in [0.25, 0.3) is 0 Å². The SMILES string of the molecule is CCC(C)Oc1ccc(C(=O)NCCCCN)cc1. The largest absolute Gasteiger partial charge is 0.491 e. The van der Waals surface area contributed by atoms with Gasteiger partial charge in [0.1, 0.15) is 5.75 Å². The summed E-state index contributed by atoms with van der Waals surface area (Å²) < 4.78 is 5.67. The van der Waals surface area contributed by atoms with Crippen LogP contribution in [0.1, 0.15) is 43.5 Å². The third-order valence-corrected chi connectivity index (χ3v) is 2.95. The lowest BCUT2D eigenvalue weighted by molar-refractivity contribution is 0.0953. The normalized spacial score (nSPS) is 11.9. The molecule has 0 saturated heterocycles. The molecule has 0 saturated carbocycles. The number of hydrogen-bond donors (Lipinski definition) is 2. The first-order chi connectivity index (χ1) is 9.17. The summed E-state index contributed by atoms with van der Waals surface area (Å²) in [5, 5.41) is 2.87. The van der Waals surface area contributed by atoms with Crippen LogP contribution in [0.2, 0.25) is 0 Å². The number of carbonyl (C=O) groups is 1. The van der Waals surface area contributed by atoms with Crippen molar-refractivity contribution in [3.05, 3.63) is 29.8 Å². The summed E-state index contributed by atoms with van der Waals surface area (Å²) in [5.41, 5.74) is 6.05. The van der Waals surface area contributed by atoms with Gasteiger partial charge in [-0.1, -0.05) is 6.92 Å². The highest BCUT2D eigenvalue weighted by Crippen LogP contribution is 2.14. The lowest BCUT2D eigenvalue weighted by Gasteiger charge is -2.12. The Bertz CT molecular complexity index is 376. The van der Waals surface area contributed by atoms with E-state index in [-0.39, 0.29) is 12.0 Å². The van der Waals surface area contributed by atoms with Crippen LogP contribution in [-0.2, 0) is 0 Å². The highest BCUT2D eigenvalue weighted by molar-refractivity contribution is 5.94. The third kappa shape index (κ3) is 5.75. The Labute approximate surface area is 115 Å². The summed E-state index contributed by atoms with van der Waals surface area (Å²) in [5.74, 6) is 0.751. The lowest BCUT2D eigenvalue weighted by Crippen LogP contribution is -2.24. The second kappa shape index (κ2) is 8.53. The maximum absolute atomic E-state index is 11.8. The summed E-state index contributed by atoms with van der Waals surface area (Å²) in [6.07, 6.45) is 3.00. The monoisotopic (exact) mass is 264 g/mol. The smallest absolute Gasteiger partial charge is 0.251 e. The van der Waals surface area contributed by atoms with Gasteiger partial charge in [0, 0.05) is 12.1 Å². The first-order valence-electron chi connectivity index (χ1n) is 6.92. The molecule has 0 spiro atoms. The Hall–Kier alpha value is -1.55. The van der Waals surface area contributed by atoms with E-state index in [4.69, 9.17) is 10.5 Å². The van der Waals surface area contributed by atoms with Gasteiger partial charge in [0.15, 0.2) is 0 Å². The van der Waals surface area contributed by atoms with E-state index in [0.29, 0.717) is 18.7 Å². The van der Waals surface area contributed by atoms with Crippen LogP contribution in [0.15, 0.2) is 24.3 Å². The molecule has 0 radical (unpaired) electrons. The van der Waals surface area contributed by atoms with Crippen molar-refractivity contribution in [2.45, 2.75) is 39.2 Å². The van der Waals surface area contributed by atoms with Crippen LogP contribution in [-0.4, -0.2) is 25.1 Å². The number of unbranched alkanes of at least 4 members (excludes halogenated alkanes) is 1. The molecule has 3 N–H and O–H groups in total. The maximum Gasteiger partial charge on any atom is 0.251 e. The van der Waals surface area contributed by atoms with E-state index < -0.39 is 0 Å². The second-order valence-corrected chi connectivity index (χ2v) is 4.61. The predicted molar refractivity (Wildman–Crippen MR) is 77.4 cm³/mol. The average Bonchev–Trinajstić information content (AvgIpc) is 2.44. The fourth-order valence-corrected chi connectivity index (χ4v) is 1.57. The van der Waals surface area contributed by atoms with Crippen LogP contribution in [0.3, 0.4) is 0 Å². The Morgan fingerprint density at radius 2 is 2.00 bits per heavy atom. The molecule has 1 rings (SSSR count). The molecule has 0 aliphatic carbocycles. The maximum atomic E-state index is 11.8. The molecule has 4 heteroatoms. The second-order valence-electron chi connectivity index (χ2n) is 4.61. The van der Waals surface area contributed by atoms with Gasteiger partial charge >= 0.3 is 0 Å². The van der Waals surface area contributed by atoms with E-state index >= 15 is 0 Å².